The molecule has 0 aliphatic carbocycles. The number of nitro groups is 1. The lowest BCUT2D eigenvalue weighted by Crippen LogP contribution is -2.27. The van der Waals surface area contributed by atoms with Crippen molar-refractivity contribution in [2.45, 2.75) is 6.42 Å². The fraction of sp³-hybridized carbons (Fsp3) is 0.462. The van der Waals surface area contributed by atoms with Crippen LogP contribution in [0.25, 0.3) is 0 Å². The summed E-state index contributed by atoms with van der Waals surface area (Å²) in [5.41, 5.74) is 0.419. The van der Waals surface area contributed by atoms with Gasteiger partial charge in [-0.05, 0) is 33.1 Å². The number of nitro benzene ring substituents is 1. The number of nitrogens with zero attached hydrogens (tertiary/aromatic N) is 2. The SMILES string of the molecule is CNc1c(C(=O)NCCCN(C)C)cccc1[N+](=O)[O-]. The Bertz CT molecular complexity index is 489. The molecule has 0 fully saturated rings. The van der Waals surface area contributed by atoms with Crippen molar-refractivity contribution >= 4 is 17.3 Å². The molecule has 0 spiro atoms. The number of carbonyl (C=O) groups is 1. The van der Waals surface area contributed by atoms with Gasteiger partial charge in [-0.15, -0.1) is 0 Å². The molecular weight excluding hydrogens is 260 g/mol. The smallest absolute Gasteiger partial charge is 0.293 e. The van der Waals surface area contributed by atoms with E-state index in [1.165, 1.54) is 12.1 Å². The number of hydrogen-bond donors (Lipinski definition) is 2. The highest BCUT2D eigenvalue weighted by molar-refractivity contribution is 6.01. The first-order valence-corrected chi connectivity index (χ1v) is 6.35. The maximum absolute atomic E-state index is 12.1. The van der Waals surface area contributed by atoms with Crippen LogP contribution in [0.2, 0.25) is 0 Å². The van der Waals surface area contributed by atoms with E-state index < -0.39 is 4.92 Å². The van der Waals surface area contributed by atoms with Gasteiger partial charge in [0.25, 0.3) is 11.6 Å². The fourth-order valence-corrected chi connectivity index (χ4v) is 1.84. The van der Waals surface area contributed by atoms with Crippen LogP contribution in [0.1, 0.15) is 16.8 Å². The molecule has 0 atom stereocenters. The van der Waals surface area contributed by atoms with Gasteiger partial charge in [-0.2, -0.15) is 0 Å². The number of hydrogen-bond acceptors (Lipinski definition) is 5. The molecule has 0 aromatic heterocycles. The summed E-state index contributed by atoms with van der Waals surface area (Å²) in [7, 11) is 5.48. The summed E-state index contributed by atoms with van der Waals surface area (Å²) in [4.78, 5) is 24.5. The van der Waals surface area contributed by atoms with Crippen molar-refractivity contribution in [3.63, 3.8) is 0 Å². The first kappa shape index (κ1) is 15.9. The summed E-state index contributed by atoms with van der Waals surface area (Å²) in [6.45, 7) is 1.40. The van der Waals surface area contributed by atoms with Crippen molar-refractivity contribution < 1.29 is 9.72 Å². The molecule has 1 amide bonds. The average molecular weight is 280 g/mol. The molecule has 0 radical (unpaired) electrons. The van der Waals surface area contributed by atoms with Crippen molar-refractivity contribution in [1.29, 1.82) is 0 Å². The van der Waals surface area contributed by atoms with Gasteiger partial charge in [-0.25, -0.2) is 0 Å². The van der Waals surface area contributed by atoms with Gasteiger partial charge in [0.2, 0.25) is 0 Å². The van der Waals surface area contributed by atoms with Crippen LogP contribution in [0.15, 0.2) is 18.2 Å². The molecule has 0 bridgehead atoms. The Labute approximate surface area is 118 Å². The Morgan fingerprint density at radius 3 is 2.65 bits per heavy atom. The molecule has 0 aliphatic heterocycles. The van der Waals surface area contributed by atoms with Crippen molar-refractivity contribution in [2.24, 2.45) is 0 Å². The van der Waals surface area contributed by atoms with Gasteiger partial charge in [0.15, 0.2) is 0 Å². The van der Waals surface area contributed by atoms with Crippen LogP contribution in [0.3, 0.4) is 0 Å². The quantitative estimate of drug-likeness (QED) is 0.447. The van der Waals surface area contributed by atoms with E-state index in [4.69, 9.17) is 0 Å². The zero-order valence-corrected chi connectivity index (χ0v) is 12.0. The lowest BCUT2D eigenvalue weighted by atomic mass is 10.1. The Morgan fingerprint density at radius 1 is 1.40 bits per heavy atom. The molecule has 1 aromatic rings. The molecule has 1 rings (SSSR count). The Hall–Kier alpha value is -2.15. The van der Waals surface area contributed by atoms with Crippen LogP contribution in [0.4, 0.5) is 11.4 Å². The largest absolute Gasteiger partial charge is 0.382 e. The predicted octanol–water partition coefficient (Wildman–Crippen LogP) is 1.32. The summed E-state index contributed by atoms with van der Waals surface area (Å²) in [5.74, 6) is -0.309. The number of benzene rings is 1. The monoisotopic (exact) mass is 280 g/mol. The van der Waals surface area contributed by atoms with E-state index in [1.54, 1.807) is 13.1 Å². The van der Waals surface area contributed by atoms with E-state index in [0.717, 1.165) is 13.0 Å². The van der Waals surface area contributed by atoms with E-state index in [1.807, 2.05) is 19.0 Å². The normalized spacial score (nSPS) is 10.4. The molecule has 7 heteroatoms. The first-order valence-electron chi connectivity index (χ1n) is 6.35. The minimum atomic E-state index is -0.505. The first-order chi connectivity index (χ1) is 9.47. The highest BCUT2D eigenvalue weighted by atomic mass is 16.6. The van der Waals surface area contributed by atoms with Crippen molar-refractivity contribution in [3.8, 4) is 0 Å². The molecular formula is C13H20N4O3. The van der Waals surface area contributed by atoms with E-state index in [0.29, 0.717) is 6.54 Å². The molecule has 0 unspecified atom stereocenters. The lowest BCUT2D eigenvalue weighted by molar-refractivity contribution is -0.384. The third-order valence-electron chi connectivity index (χ3n) is 2.80. The van der Waals surface area contributed by atoms with Crippen LogP contribution in [0.5, 0.6) is 0 Å². The molecule has 2 N–H and O–H groups in total. The van der Waals surface area contributed by atoms with Crippen LogP contribution < -0.4 is 10.6 Å². The highest BCUT2D eigenvalue weighted by Gasteiger charge is 2.20. The predicted molar refractivity (Wildman–Crippen MR) is 78.1 cm³/mol. The molecule has 7 nitrogen and oxygen atoms in total. The van der Waals surface area contributed by atoms with Gasteiger partial charge in [0, 0.05) is 19.7 Å². The van der Waals surface area contributed by atoms with Gasteiger partial charge in [0.05, 0.1) is 10.5 Å². The van der Waals surface area contributed by atoms with Gasteiger partial charge < -0.3 is 15.5 Å². The van der Waals surface area contributed by atoms with Crippen molar-refractivity contribution in [2.75, 3.05) is 39.5 Å². The van der Waals surface area contributed by atoms with Crippen LogP contribution in [-0.4, -0.2) is 50.0 Å². The molecule has 0 aliphatic rings. The van der Waals surface area contributed by atoms with Crippen molar-refractivity contribution in [3.05, 3.63) is 33.9 Å². The van der Waals surface area contributed by atoms with Gasteiger partial charge in [0.1, 0.15) is 5.69 Å². The topological polar surface area (TPSA) is 87.5 Å². The molecule has 0 saturated heterocycles. The van der Waals surface area contributed by atoms with E-state index in [2.05, 4.69) is 10.6 Å². The van der Waals surface area contributed by atoms with Gasteiger partial charge in [-0.1, -0.05) is 6.07 Å². The third-order valence-corrected chi connectivity index (χ3v) is 2.80. The lowest BCUT2D eigenvalue weighted by Gasteiger charge is -2.12. The maximum atomic E-state index is 12.1. The number of anilines is 1. The Kier molecular flexibility index (Phi) is 5.92. The second-order valence-corrected chi connectivity index (χ2v) is 4.62. The second kappa shape index (κ2) is 7.44. The maximum Gasteiger partial charge on any atom is 0.293 e. The Balaban J connectivity index is 2.77. The average Bonchev–Trinajstić information content (AvgIpc) is 2.42. The molecule has 0 saturated carbocycles. The van der Waals surface area contributed by atoms with Gasteiger partial charge >= 0.3 is 0 Å². The number of amides is 1. The van der Waals surface area contributed by atoms with Crippen LogP contribution >= 0.6 is 0 Å². The van der Waals surface area contributed by atoms with Crippen LogP contribution in [-0.2, 0) is 0 Å². The van der Waals surface area contributed by atoms with Gasteiger partial charge in [-0.3, -0.25) is 14.9 Å². The fourth-order valence-electron chi connectivity index (χ4n) is 1.84. The summed E-state index contributed by atoms with van der Waals surface area (Å²) in [5, 5.41) is 16.4. The Morgan fingerprint density at radius 2 is 2.10 bits per heavy atom. The molecule has 1 aromatic carbocycles. The molecule has 0 heterocycles. The summed E-state index contributed by atoms with van der Waals surface area (Å²) < 4.78 is 0. The third kappa shape index (κ3) is 4.20. The molecule has 110 valence electrons. The summed E-state index contributed by atoms with van der Waals surface area (Å²) in [6, 6.07) is 4.45. The zero-order valence-electron chi connectivity index (χ0n) is 12.0. The highest BCUT2D eigenvalue weighted by Crippen LogP contribution is 2.27. The number of carbonyl (C=O) groups excluding carboxylic acids is 1. The van der Waals surface area contributed by atoms with E-state index in [9.17, 15) is 14.9 Å². The zero-order chi connectivity index (χ0) is 15.1. The standard InChI is InChI=1S/C13H20N4O3/c1-14-12-10(6-4-7-11(12)17(19)20)13(18)15-8-5-9-16(2)3/h4,6-7,14H,5,8-9H2,1-3H3,(H,15,18). The van der Waals surface area contributed by atoms with Crippen molar-refractivity contribution in [1.82, 2.24) is 10.2 Å². The van der Waals surface area contributed by atoms with Crippen LogP contribution in [0, 0.1) is 10.1 Å². The number of nitrogens with one attached hydrogen (secondary N) is 2. The number of rotatable bonds is 7. The summed E-state index contributed by atoms with van der Waals surface area (Å²) in [6.07, 6.45) is 0.822. The number of para-hydroxylation sites is 1. The minimum Gasteiger partial charge on any atom is -0.382 e. The molecule has 20 heavy (non-hydrogen) atoms. The minimum absolute atomic E-state index is 0.103. The van der Waals surface area contributed by atoms with E-state index >= 15 is 0 Å². The summed E-state index contributed by atoms with van der Waals surface area (Å²) >= 11 is 0. The van der Waals surface area contributed by atoms with E-state index in [-0.39, 0.29) is 22.8 Å². The second-order valence-electron chi connectivity index (χ2n) is 4.62.